The van der Waals surface area contributed by atoms with Crippen LogP contribution in [0.4, 0.5) is 15.8 Å². The molecule has 0 unspecified atom stereocenters. The second-order valence-electron chi connectivity index (χ2n) is 6.49. The molecular formula is C21H19ClFN3O3S. The van der Waals surface area contributed by atoms with Crippen molar-refractivity contribution in [2.24, 2.45) is 0 Å². The third-order valence-electron chi connectivity index (χ3n) is 4.54. The Morgan fingerprint density at radius 2 is 2.03 bits per heavy atom. The van der Waals surface area contributed by atoms with Gasteiger partial charge in [0.1, 0.15) is 17.6 Å². The molecule has 1 heterocycles. The molecule has 0 spiro atoms. The fourth-order valence-electron chi connectivity index (χ4n) is 3.13. The number of carbonyl (C=O) groups excluding carboxylic acids is 2. The van der Waals surface area contributed by atoms with E-state index in [1.54, 1.807) is 29.2 Å². The largest absolute Gasteiger partial charge is 0.495 e. The third kappa shape index (κ3) is 4.44. The van der Waals surface area contributed by atoms with Gasteiger partial charge in [-0.05, 0) is 54.7 Å². The molecule has 2 amide bonds. The lowest BCUT2D eigenvalue weighted by Gasteiger charge is -2.22. The lowest BCUT2D eigenvalue weighted by atomic mass is 10.1. The van der Waals surface area contributed by atoms with Gasteiger partial charge in [0.25, 0.3) is 5.91 Å². The number of halogens is 2. The number of benzene rings is 2. The SMILES string of the molecule is C=CCN1C(=S)N(c2ccc(OC)c(Cl)c2)C(=O)[C@@H]1CC(=O)Nc1ccc(F)cc1. The molecule has 6 nitrogen and oxygen atoms in total. The number of nitrogens with one attached hydrogen (secondary N) is 1. The molecule has 0 aliphatic carbocycles. The van der Waals surface area contributed by atoms with Gasteiger partial charge in [-0.15, -0.1) is 6.58 Å². The monoisotopic (exact) mass is 447 g/mol. The van der Waals surface area contributed by atoms with E-state index in [9.17, 15) is 14.0 Å². The van der Waals surface area contributed by atoms with Crippen LogP contribution in [0.3, 0.4) is 0 Å². The van der Waals surface area contributed by atoms with Crippen molar-refractivity contribution in [1.82, 2.24) is 4.90 Å². The molecular weight excluding hydrogens is 429 g/mol. The average molecular weight is 448 g/mol. The molecule has 0 bridgehead atoms. The van der Waals surface area contributed by atoms with Crippen molar-refractivity contribution in [2.45, 2.75) is 12.5 Å². The maximum atomic E-state index is 13.2. The minimum atomic E-state index is -0.808. The van der Waals surface area contributed by atoms with E-state index >= 15 is 0 Å². The minimum Gasteiger partial charge on any atom is -0.495 e. The van der Waals surface area contributed by atoms with E-state index in [1.165, 1.54) is 36.3 Å². The van der Waals surface area contributed by atoms with E-state index in [1.807, 2.05) is 0 Å². The maximum absolute atomic E-state index is 13.2. The van der Waals surface area contributed by atoms with E-state index in [-0.39, 0.29) is 17.4 Å². The van der Waals surface area contributed by atoms with Gasteiger partial charge in [0.15, 0.2) is 5.11 Å². The van der Waals surface area contributed by atoms with Crippen LogP contribution in [0.1, 0.15) is 6.42 Å². The minimum absolute atomic E-state index is 0.134. The molecule has 1 aliphatic rings. The Morgan fingerprint density at radius 1 is 1.33 bits per heavy atom. The molecule has 1 saturated heterocycles. The Balaban J connectivity index is 1.82. The topological polar surface area (TPSA) is 61.9 Å². The van der Waals surface area contributed by atoms with Gasteiger partial charge >= 0.3 is 0 Å². The molecule has 9 heteroatoms. The van der Waals surface area contributed by atoms with Crippen LogP contribution < -0.4 is 15.0 Å². The molecule has 156 valence electrons. The van der Waals surface area contributed by atoms with E-state index in [4.69, 9.17) is 28.6 Å². The molecule has 1 fully saturated rings. The van der Waals surface area contributed by atoms with Crippen molar-refractivity contribution >= 4 is 52.1 Å². The highest BCUT2D eigenvalue weighted by atomic mass is 35.5. The zero-order valence-corrected chi connectivity index (χ0v) is 17.7. The second-order valence-corrected chi connectivity index (χ2v) is 7.26. The van der Waals surface area contributed by atoms with Crippen molar-refractivity contribution in [3.63, 3.8) is 0 Å². The van der Waals surface area contributed by atoms with E-state index in [0.29, 0.717) is 28.7 Å². The summed E-state index contributed by atoms with van der Waals surface area (Å²) in [5.41, 5.74) is 0.912. The van der Waals surface area contributed by atoms with Gasteiger partial charge in [0.2, 0.25) is 5.91 Å². The van der Waals surface area contributed by atoms with Crippen LogP contribution in [-0.2, 0) is 9.59 Å². The van der Waals surface area contributed by atoms with Crippen LogP contribution in [-0.4, -0.2) is 41.5 Å². The van der Waals surface area contributed by atoms with Crippen LogP contribution in [0, 0.1) is 5.82 Å². The number of ether oxygens (including phenoxy) is 1. The number of hydrogen-bond acceptors (Lipinski definition) is 4. The molecule has 0 radical (unpaired) electrons. The molecule has 0 saturated carbocycles. The number of methoxy groups -OCH3 is 1. The van der Waals surface area contributed by atoms with Crippen molar-refractivity contribution in [3.05, 3.63) is 66.0 Å². The van der Waals surface area contributed by atoms with Crippen LogP contribution >= 0.6 is 23.8 Å². The Hall–Kier alpha value is -2.97. The van der Waals surface area contributed by atoms with Gasteiger partial charge in [-0.3, -0.25) is 14.5 Å². The summed E-state index contributed by atoms with van der Waals surface area (Å²) in [6.45, 7) is 3.99. The lowest BCUT2D eigenvalue weighted by Crippen LogP contribution is -2.37. The Labute approximate surface area is 183 Å². The van der Waals surface area contributed by atoms with Crippen molar-refractivity contribution in [2.75, 3.05) is 23.9 Å². The van der Waals surface area contributed by atoms with Crippen LogP contribution in [0.15, 0.2) is 55.1 Å². The molecule has 2 aromatic carbocycles. The van der Waals surface area contributed by atoms with Gasteiger partial charge in [-0.1, -0.05) is 17.7 Å². The highest BCUT2D eigenvalue weighted by molar-refractivity contribution is 7.80. The smallest absolute Gasteiger partial charge is 0.256 e. The normalized spacial score (nSPS) is 16.0. The molecule has 30 heavy (non-hydrogen) atoms. The number of rotatable bonds is 7. The Kier molecular flexibility index (Phi) is 6.69. The van der Waals surface area contributed by atoms with Gasteiger partial charge < -0.3 is 15.0 Å². The summed E-state index contributed by atoms with van der Waals surface area (Å²) >= 11 is 11.7. The first kappa shape index (κ1) is 21.7. The van der Waals surface area contributed by atoms with E-state index < -0.39 is 17.8 Å². The quantitative estimate of drug-likeness (QED) is 0.513. The van der Waals surface area contributed by atoms with Crippen LogP contribution in [0.5, 0.6) is 5.75 Å². The van der Waals surface area contributed by atoms with E-state index in [2.05, 4.69) is 11.9 Å². The number of hydrogen-bond donors (Lipinski definition) is 1. The molecule has 0 aromatic heterocycles. The summed E-state index contributed by atoms with van der Waals surface area (Å²) in [5.74, 6) is -0.685. The molecule has 1 atom stereocenters. The number of thiocarbonyl (C=S) groups is 1. The van der Waals surface area contributed by atoms with Gasteiger partial charge in [-0.25, -0.2) is 4.39 Å². The number of anilines is 2. The average Bonchev–Trinajstić information content (AvgIpc) is 2.94. The summed E-state index contributed by atoms with van der Waals surface area (Å²) in [6, 6.07) is 9.45. The molecule has 3 rings (SSSR count). The van der Waals surface area contributed by atoms with E-state index in [0.717, 1.165) is 0 Å². The van der Waals surface area contributed by atoms with Gasteiger partial charge in [-0.2, -0.15) is 0 Å². The van der Waals surface area contributed by atoms with Crippen molar-refractivity contribution < 1.29 is 18.7 Å². The van der Waals surface area contributed by atoms with Crippen molar-refractivity contribution in [3.8, 4) is 5.75 Å². The summed E-state index contributed by atoms with van der Waals surface area (Å²) in [7, 11) is 1.49. The zero-order chi connectivity index (χ0) is 21.8. The van der Waals surface area contributed by atoms with Gasteiger partial charge in [0.05, 0.1) is 24.2 Å². The predicted molar refractivity (Wildman–Crippen MR) is 118 cm³/mol. The number of carbonyl (C=O) groups is 2. The third-order valence-corrected chi connectivity index (χ3v) is 5.26. The number of amides is 2. The Morgan fingerprint density at radius 3 is 2.63 bits per heavy atom. The summed E-state index contributed by atoms with van der Waals surface area (Å²) in [4.78, 5) is 28.7. The number of nitrogens with zero attached hydrogens (tertiary/aromatic N) is 2. The van der Waals surface area contributed by atoms with Crippen LogP contribution in [0.25, 0.3) is 0 Å². The first-order valence-corrected chi connectivity index (χ1v) is 9.78. The molecule has 1 N–H and O–H groups in total. The first-order valence-electron chi connectivity index (χ1n) is 9.00. The lowest BCUT2D eigenvalue weighted by molar-refractivity contribution is -0.124. The zero-order valence-electron chi connectivity index (χ0n) is 16.1. The molecule has 1 aliphatic heterocycles. The van der Waals surface area contributed by atoms with Crippen molar-refractivity contribution in [1.29, 1.82) is 0 Å². The summed E-state index contributed by atoms with van der Waals surface area (Å²) < 4.78 is 18.2. The standard InChI is InChI=1S/C21H19ClFN3O3S/c1-3-10-25-17(12-19(27)24-14-6-4-13(23)5-7-14)20(28)26(21(25)30)15-8-9-18(29-2)16(22)11-15/h3-9,11,17H,1,10,12H2,2H3,(H,24,27)/t17-/m0/s1. The highest BCUT2D eigenvalue weighted by Crippen LogP contribution is 2.33. The summed E-state index contributed by atoms with van der Waals surface area (Å²) in [6.07, 6.45) is 1.47. The second kappa shape index (κ2) is 9.23. The summed E-state index contributed by atoms with van der Waals surface area (Å²) in [5, 5.41) is 3.25. The highest BCUT2D eigenvalue weighted by Gasteiger charge is 2.43. The fraction of sp³-hybridized carbons (Fsp3) is 0.190. The van der Waals surface area contributed by atoms with Gasteiger partial charge in [0, 0.05) is 12.2 Å². The maximum Gasteiger partial charge on any atom is 0.256 e. The fourth-order valence-corrected chi connectivity index (χ4v) is 3.78. The molecule has 2 aromatic rings. The Bertz CT molecular complexity index is 999. The first-order chi connectivity index (χ1) is 14.3. The van der Waals surface area contributed by atoms with Crippen LogP contribution in [0.2, 0.25) is 5.02 Å². The predicted octanol–water partition coefficient (Wildman–Crippen LogP) is 4.00.